The van der Waals surface area contributed by atoms with E-state index in [0.717, 1.165) is 11.4 Å². The number of hydrogen-bond acceptors (Lipinski definition) is 8. The Morgan fingerprint density at radius 1 is 1.14 bits per heavy atom. The molecule has 2 aromatic rings. The van der Waals surface area contributed by atoms with Gasteiger partial charge < -0.3 is 15.0 Å². The van der Waals surface area contributed by atoms with Crippen LogP contribution in [0.1, 0.15) is 6.92 Å². The SMILES string of the molecule is CCOc1nc(NN)nc(Nc2ccccc2N(C)C)n1. The van der Waals surface area contributed by atoms with E-state index in [-0.39, 0.29) is 12.0 Å². The van der Waals surface area contributed by atoms with Gasteiger partial charge in [0.2, 0.25) is 11.9 Å². The summed E-state index contributed by atoms with van der Waals surface area (Å²) in [5.74, 6) is 5.95. The number of benzene rings is 1. The second-order valence-electron chi connectivity index (χ2n) is 4.38. The quantitative estimate of drug-likeness (QED) is 0.541. The van der Waals surface area contributed by atoms with Gasteiger partial charge in [-0.15, -0.1) is 0 Å². The fourth-order valence-corrected chi connectivity index (χ4v) is 1.76. The van der Waals surface area contributed by atoms with Crippen molar-refractivity contribution < 1.29 is 4.74 Å². The smallest absolute Gasteiger partial charge is 0.323 e. The van der Waals surface area contributed by atoms with Crippen molar-refractivity contribution in [2.45, 2.75) is 6.92 Å². The van der Waals surface area contributed by atoms with Crippen molar-refractivity contribution in [3.63, 3.8) is 0 Å². The Hall–Kier alpha value is -2.61. The van der Waals surface area contributed by atoms with Gasteiger partial charge in [0, 0.05) is 14.1 Å². The van der Waals surface area contributed by atoms with E-state index in [2.05, 4.69) is 25.7 Å². The summed E-state index contributed by atoms with van der Waals surface area (Å²) in [4.78, 5) is 14.4. The number of nitrogen functional groups attached to an aromatic ring is 1. The number of anilines is 4. The monoisotopic (exact) mass is 289 g/mol. The first kappa shape index (κ1) is 14.8. The molecule has 1 heterocycles. The lowest BCUT2D eigenvalue weighted by atomic mass is 10.2. The number of hydrazine groups is 1. The lowest BCUT2D eigenvalue weighted by Crippen LogP contribution is -2.14. The molecule has 8 nitrogen and oxygen atoms in total. The number of nitrogens with two attached hydrogens (primary N) is 1. The van der Waals surface area contributed by atoms with Crippen LogP contribution in [-0.2, 0) is 0 Å². The van der Waals surface area contributed by atoms with Crippen LogP contribution in [0.4, 0.5) is 23.3 Å². The molecule has 0 atom stereocenters. The number of rotatable bonds is 6. The molecule has 0 amide bonds. The van der Waals surface area contributed by atoms with E-state index in [1.165, 1.54) is 0 Å². The first-order valence-corrected chi connectivity index (χ1v) is 6.53. The number of nitrogens with one attached hydrogen (secondary N) is 2. The molecular weight excluding hydrogens is 270 g/mol. The van der Waals surface area contributed by atoms with Crippen molar-refractivity contribution in [2.75, 3.05) is 36.3 Å². The van der Waals surface area contributed by atoms with Crippen LogP contribution in [0, 0.1) is 0 Å². The molecule has 0 unspecified atom stereocenters. The third-order valence-corrected chi connectivity index (χ3v) is 2.65. The van der Waals surface area contributed by atoms with E-state index in [9.17, 15) is 0 Å². The summed E-state index contributed by atoms with van der Waals surface area (Å²) < 4.78 is 5.30. The highest BCUT2D eigenvalue weighted by Crippen LogP contribution is 2.26. The molecular formula is C13H19N7O. The van der Waals surface area contributed by atoms with Crippen LogP contribution in [0.3, 0.4) is 0 Å². The number of ether oxygens (including phenoxy) is 1. The highest BCUT2D eigenvalue weighted by atomic mass is 16.5. The van der Waals surface area contributed by atoms with E-state index in [4.69, 9.17) is 10.6 Å². The first-order chi connectivity index (χ1) is 10.1. The van der Waals surface area contributed by atoms with E-state index in [1.807, 2.05) is 50.2 Å². The van der Waals surface area contributed by atoms with Crippen LogP contribution in [0.25, 0.3) is 0 Å². The van der Waals surface area contributed by atoms with Gasteiger partial charge in [-0.3, -0.25) is 5.43 Å². The van der Waals surface area contributed by atoms with Crippen molar-refractivity contribution in [3.05, 3.63) is 24.3 Å². The van der Waals surface area contributed by atoms with Gasteiger partial charge in [-0.1, -0.05) is 12.1 Å². The van der Waals surface area contributed by atoms with Gasteiger partial charge in [0.1, 0.15) is 0 Å². The van der Waals surface area contributed by atoms with Crippen LogP contribution < -0.4 is 26.2 Å². The zero-order valence-corrected chi connectivity index (χ0v) is 12.3. The minimum absolute atomic E-state index is 0.213. The Labute approximate surface area is 123 Å². The number of nitrogens with zero attached hydrogens (tertiary/aromatic N) is 4. The average molecular weight is 289 g/mol. The van der Waals surface area contributed by atoms with Crippen LogP contribution in [-0.4, -0.2) is 35.7 Å². The van der Waals surface area contributed by atoms with Crippen molar-refractivity contribution in [1.82, 2.24) is 15.0 Å². The molecule has 0 bridgehead atoms. The number of hydrogen-bond donors (Lipinski definition) is 3. The fourth-order valence-electron chi connectivity index (χ4n) is 1.76. The summed E-state index contributed by atoms with van der Waals surface area (Å²) in [7, 11) is 3.93. The molecule has 4 N–H and O–H groups in total. The van der Waals surface area contributed by atoms with Gasteiger partial charge in [0.15, 0.2) is 0 Å². The molecule has 0 saturated heterocycles. The van der Waals surface area contributed by atoms with Crippen LogP contribution in [0.5, 0.6) is 6.01 Å². The number of aromatic nitrogens is 3. The van der Waals surface area contributed by atoms with Crippen molar-refractivity contribution in [3.8, 4) is 6.01 Å². The molecule has 0 spiro atoms. The Morgan fingerprint density at radius 3 is 2.52 bits per heavy atom. The topological polar surface area (TPSA) is 101 Å². The second-order valence-corrected chi connectivity index (χ2v) is 4.38. The Balaban J connectivity index is 2.32. The predicted molar refractivity (Wildman–Crippen MR) is 82.9 cm³/mol. The molecule has 0 radical (unpaired) electrons. The summed E-state index contributed by atoms with van der Waals surface area (Å²) in [6.07, 6.45) is 0. The summed E-state index contributed by atoms with van der Waals surface area (Å²) in [6.45, 7) is 2.32. The molecule has 112 valence electrons. The minimum atomic E-state index is 0.213. The Morgan fingerprint density at radius 2 is 1.86 bits per heavy atom. The van der Waals surface area contributed by atoms with Crippen LogP contribution >= 0.6 is 0 Å². The zero-order valence-electron chi connectivity index (χ0n) is 12.3. The third kappa shape index (κ3) is 3.69. The highest BCUT2D eigenvalue weighted by Gasteiger charge is 2.09. The van der Waals surface area contributed by atoms with E-state index < -0.39 is 0 Å². The summed E-state index contributed by atoms with van der Waals surface area (Å²) in [5.41, 5.74) is 4.28. The molecule has 0 aliphatic rings. The lowest BCUT2D eigenvalue weighted by molar-refractivity contribution is 0.312. The van der Waals surface area contributed by atoms with Crippen molar-refractivity contribution >= 4 is 23.3 Å². The predicted octanol–water partition coefficient (Wildman–Crippen LogP) is 1.37. The van der Waals surface area contributed by atoms with E-state index in [1.54, 1.807) is 0 Å². The molecule has 0 saturated carbocycles. The molecule has 21 heavy (non-hydrogen) atoms. The lowest BCUT2D eigenvalue weighted by Gasteiger charge is -2.17. The van der Waals surface area contributed by atoms with Gasteiger partial charge in [-0.2, -0.15) is 15.0 Å². The van der Waals surface area contributed by atoms with Crippen molar-refractivity contribution in [2.24, 2.45) is 5.84 Å². The minimum Gasteiger partial charge on any atom is -0.464 e. The molecule has 2 rings (SSSR count). The van der Waals surface area contributed by atoms with Gasteiger partial charge in [-0.25, -0.2) is 5.84 Å². The maximum atomic E-state index is 5.36. The van der Waals surface area contributed by atoms with Crippen LogP contribution in [0.15, 0.2) is 24.3 Å². The number of para-hydroxylation sites is 2. The zero-order chi connectivity index (χ0) is 15.2. The maximum absolute atomic E-state index is 5.36. The Bertz CT molecular complexity index is 603. The fraction of sp³-hybridized carbons (Fsp3) is 0.308. The maximum Gasteiger partial charge on any atom is 0.323 e. The van der Waals surface area contributed by atoms with Gasteiger partial charge >= 0.3 is 6.01 Å². The normalized spacial score (nSPS) is 10.1. The molecule has 0 aliphatic heterocycles. The van der Waals surface area contributed by atoms with Crippen LogP contribution in [0.2, 0.25) is 0 Å². The summed E-state index contributed by atoms with van der Waals surface area (Å²) >= 11 is 0. The largest absolute Gasteiger partial charge is 0.464 e. The highest BCUT2D eigenvalue weighted by molar-refractivity contribution is 5.73. The molecule has 8 heteroatoms. The standard InChI is InChI=1S/C13H19N7O/c1-4-21-13-17-11(16-12(18-13)19-14)15-9-7-5-6-8-10(9)20(2)3/h5-8H,4,14H2,1-3H3,(H2,15,16,17,18,19). The Kier molecular flexibility index (Phi) is 4.72. The van der Waals surface area contributed by atoms with Gasteiger partial charge in [0.05, 0.1) is 18.0 Å². The summed E-state index contributed by atoms with van der Waals surface area (Å²) in [6, 6.07) is 8.05. The van der Waals surface area contributed by atoms with Crippen molar-refractivity contribution in [1.29, 1.82) is 0 Å². The molecule has 0 fully saturated rings. The second kappa shape index (κ2) is 6.71. The average Bonchev–Trinajstić information content (AvgIpc) is 2.47. The molecule has 1 aromatic heterocycles. The van der Waals surface area contributed by atoms with Gasteiger partial charge in [0.25, 0.3) is 0 Å². The van der Waals surface area contributed by atoms with E-state index >= 15 is 0 Å². The van der Waals surface area contributed by atoms with E-state index in [0.29, 0.717) is 12.6 Å². The molecule has 1 aromatic carbocycles. The summed E-state index contributed by atoms with van der Waals surface area (Å²) in [5, 5.41) is 3.15. The third-order valence-electron chi connectivity index (χ3n) is 2.65. The van der Waals surface area contributed by atoms with Gasteiger partial charge in [-0.05, 0) is 19.1 Å². The molecule has 0 aliphatic carbocycles. The first-order valence-electron chi connectivity index (χ1n) is 6.53.